The van der Waals surface area contributed by atoms with Crippen LogP contribution in [0.1, 0.15) is 31.0 Å². The lowest BCUT2D eigenvalue weighted by Crippen LogP contribution is -2.13. The molecular weight excluding hydrogens is 284 g/mol. The van der Waals surface area contributed by atoms with Gasteiger partial charge in [-0.2, -0.15) is 0 Å². The Morgan fingerprint density at radius 3 is 2.76 bits per heavy atom. The van der Waals surface area contributed by atoms with Crippen LogP contribution >= 0.6 is 11.3 Å². The topological polar surface area (TPSA) is 43.4 Å². The van der Waals surface area contributed by atoms with Crippen LogP contribution in [0.2, 0.25) is 0 Å². The molecule has 0 fully saturated rings. The second kappa shape index (κ2) is 8.64. The van der Waals surface area contributed by atoms with E-state index in [9.17, 15) is 0 Å². The maximum absolute atomic E-state index is 5.76. The summed E-state index contributed by atoms with van der Waals surface area (Å²) < 4.78 is 11.2. The molecule has 2 rings (SSSR count). The highest BCUT2D eigenvalue weighted by atomic mass is 32.1. The molecule has 0 aliphatic heterocycles. The van der Waals surface area contributed by atoms with E-state index in [4.69, 9.17) is 9.47 Å². The van der Waals surface area contributed by atoms with Crippen LogP contribution in [0, 0.1) is 0 Å². The van der Waals surface area contributed by atoms with Gasteiger partial charge in [0, 0.05) is 18.0 Å². The van der Waals surface area contributed by atoms with Crippen LogP contribution in [0.15, 0.2) is 29.6 Å². The van der Waals surface area contributed by atoms with Crippen LogP contribution in [0.5, 0.6) is 11.5 Å². The van der Waals surface area contributed by atoms with Gasteiger partial charge >= 0.3 is 0 Å². The Morgan fingerprint density at radius 1 is 1.19 bits per heavy atom. The van der Waals surface area contributed by atoms with Gasteiger partial charge in [0.05, 0.1) is 12.3 Å². The summed E-state index contributed by atoms with van der Waals surface area (Å²) in [4.78, 5) is 4.56. The summed E-state index contributed by atoms with van der Waals surface area (Å²) in [7, 11) is 0. The van der Waals surface area contributed by atoms with Crippen LogP contribution in [-0.4, -0.2) is 18.1 Å². The minimum Gasteiger partial charge on any atom is -0.494 e. The summed E-state index contributed by atoms with van der Waals surface area (Å²) in [6, 6.07) is 7.69. The monoisotopic (exact) mass is 306 g/mol. The molecule has 0 bridgehead atoms. The van der Waals surface area contributed by atoms with E-state index in [0.29, 0.717) is 13.2 Å². The van der Waals surface area contributed by atoms with Crippen molar-refractivity contribution in [3.05, 3.63) is 40.3 Å². The average molecular weight is 306 g/mol. The Hall–Kier alpha value is -1.59. The predicted octanol–water partition coefficient (Wildman–Crippen LogP) is 3.62. The van der Waals surface area contributed by atoms with E-state index in [2.05, 4.69) is 22.6 Å². The van der Waals surface area contributed by atoms with Gasteiger partial charge in [-0.25, -0.2) is 4.98 Å². The zero-order valence-corrected chi connectivity index (χ0v) is 13.4. The fourth-order valence-electron chi connectivity index (χ4n) is 1.85. The van der Waals surface area contributed by atoms with Crippen molar-refractivity contribution < 1.29 is 9.47 Å². The molecule has 1 N–H and O–H groups in total. The van der Waals surface area contributed by atoms with Gasteiger partial charge in [0.1, 0.15) is 23.1 Å². The third kappa shape index (κ3) is 5.36. The highest BCUT2D eigenvalue weighted by Gasteiger charge is 2.03. The Labute approximate surface area is 130 Å². The number of hydrogen-bond donors (Lipinski definition) is 1. The van der Waals surface area contributed by atoms with Crippen molar-refractivity contribution in [2.45, 2.75) is 33.4 Å². The second-order valence-corrected chi connectivity index (χ2v) is 5.55. The minimum absolute atomic E-state index is 0.486. The molecule has 0 aliphatic rings. The van der Waals surface area contributed by atoms with Crippen molar-refractivity contribution in [1.29, 1.82) is 0 Å². The average Bonchev–Trinajstić information content (AvgIpc) is 2.94. The summed E-state index contributed by atoms with van der Waals surface area (Å²) in [6.45, 7) is 7.12. The first-order chi connectivity index (χ1) is 10.3. The number of benzene rings is 1. The van der Waals surface area contributed by atoms with Crippen LogP contribution in [0.3, 0.4) is 0 Å². The highest BCUT2D eigenvalue weighted by molar-refractivity contribution is 7.09. The normalized spacial score (nSPS) is 10.6. The number of nitrogens with zero attached hydrogens (tertiary/aromatic N) is 1. The first-order valence-corrected chi connectivity index (χ1v) is 8.19. The lowest BCUT2D eigenvalue weighted by molar-refractivity contribution is 0.296. The first kappa shape index (κ1) is 15.8. The smallest absolute Gasteiger partial charge is 0.131 e. The van der Waals surface area contributed by atoms with E-state index in [1.807, 2.05) is 31.2 Å². The van der Waals surface area contributed by atoms with Crippen molar-refractivity contribution in [2.75, 3.05) is 13.2 Å². The number of aromatic nitrogens is 1. The zero-order chi connectivity index (χ0) is 14.9. The molecule has 0 aliphatic carbocycles. The number of nitrogens with one attached hydrogen (secondary N) is 1. The summed E-state index contributed by atoms with van der Waals surface area (Å²) in [5, 5.41) is 6.50. The molecule has 0 unspecified atom stereocenters. The molecule has 1 aromatic carbocycles. The summed E-state index contributed by atoms with van der Waals surface area (Å²) in [6.07, 6.45) is 1.14. The number of hydrogen-bond acceptors (Lipinski definition) is 5. The number of rotatable bonds is 9. The largest absolute Gasteiger partial charge is 0.494 e. The minimum atomic E-state index is 0.486. The fourth-order valence-corrected chi connectivity index (χ4v) is 2.59. The molecule has 0 saturated heterocycles. The third-order valence-electron chi connectivity index (χ3n) is 2.81. The highest BCUT2D eigenvalue weighted by Crippen LogP contribution is 2.20. The lowest BCUT2D eigenvalue weighted by Gasteiger charge is -2.07. The van der Waals surface area contributed by atoms with Crippen molar-refractivity contribution in [3.8, 4) is 11.5 Å². The van der Waals surface area contributed by atoms with Crippen LogP contribution in [0.25, 0.3) is 0 Å². The lowest BCUT2D eigenvalue weighted by atomic mass is 10.3. The molecule has 0 saturated carbocycles. The van der Waals surface area contributed by atoms with Crippen molar-refractivity contribution in [3.63, 3.8) is 0 Å². The Morgan fingerprint density at radius 2 is 2.00 bits per heavy atom. The third-order valence-corrected chi connectivity index (χ3v) is 3.70. The van der Waals surface area contributed by atoms with Crippen LogP contribution in [-0.2, 0) is 13.2 Å². The standard InChI is InChI=1S/C16H22N2O2S/c1-3-8-17-10-16-18-13(12-21-16)11-20-15-7-5-6-14(9-15)19-4-2/h5-7,9,12,17H,3-4,8,10-11H2,1-2H3. The molecule has 1 aromatic heterocycles. The quantitative estimate of drug-likeness (QED) is 0.719. The molecule has 0 amide bonds. The fraction of sp³-hybridized carbons (Fsp3) is 0.438. The molecule has 0 atom stereocenters. The number of ether oxygens (including phenoxy) is 2. The van der Waals surface area contributed by atoms with Gasteiger partial charge in [-0.1, -0.05) is 13.0 Å². The van der Waals surface area contributed by atoms with Gasteiger partial charge in [0.2, 0.25) is 0 Å². The molecule has 1 heterocycles. The molecule has 0 radical (unpaired) electrons. The van der Waals surface area contributed by atoms with Crippen molar-refractivity contribution in [1.82, 2.24) is 10.3 Å². The molecular formula is C16H22N2O2S. The molecule has 5 heteroatoms. The van der Waals surface area contributed by atoms with Gasteiger partial charge in [-0.3, -0.25) is 0 Å². The maximum atomic E-state index is 5.76. The summed E-state index contributed by atoms with van der Waals surface area (Å²) in [5.41, 5.74) is 0.968. The molecule has 4 nitrogen and oxygen atoms in total. The van der Waals surface area contributed by atoms with Crippen molar-refractivity contribution >= 4 is 11.3 Å². The van der Waals surface area contributed by atoms with Crippen molar-refractivity contribution in [2.24, 2.45) is 0 Å². The summed E-state index contributed by atoms with van der Waals surface area (Å²) >= 11 is 1.67. The number of thiazole rings is 1. The van der Waals surface area contributed by atoms with Gasteiger partial charge in [-0.05, 0) is 32.0 Å². The molecule has 114 valence electrons. The summed E-state index contributed by atoms with van der Waals surface area (Å²) in [5.74, 6) is 1.64. The van der Waals surface area contributed by atoms with E-state index in [1.54, 1.807) is 11.3 Å². The van der Waals surface area contributed by atoms with Gasteiger partial charge < -0.3 is 14.8 Å². The second-order valence-electron chi connectivity index (χ2n) is 4.61. The van der Waals surface area contributed by atoms with E-state index >= 15 is 0 Å². The van der Waals surface area contributed by atoms with Gasteiger partial charge in [-0.15, -0.1) is 11.3 Å². The van der Waals surface area contributed by atoms with E-state index in [1.165, 1.54) is 0 Å². The first-order valence-electron chi connectivity index (χ1n) is 7.31. The maximum Gasteiger partial charge on any atom is 0.131 e. The molecule has 0 spiro atoms. The van der Waals surface area contributed by atoms with Gasteiger partial charge in [0.15, 0.2) is 0 Å². The molecule has 2 aromatic rings. The Kier molecular flexibility index (Phi) is 6.50. The SMILES string of the molecule is CCCNCc1nc(COc2cccc(OCC)c2)cs1. The zero-order valence-electron chi connectivity index (χ0n) is 12.6. The Balaban J connectivity index is 1.83. The predicted molar refractivity (Wildman–Crippen MR) is 86.1 cm³/mol. The molecule has 21 heavy (non-hydrogen) atoms. The van der Waals surface area contributed by atoms with Crippen LogP contribution < -0.4 is 14.8 Å². The van der Waals surface area contributed by atoms with E-state index in [-0.39, 0.29) is 0 Å². The van der Waals surface area contributed by atoms with Gasteiger partial charge in [0.25, 0.3) is 0 Å². The van der Waals surface area contributed by atoms with E-state index in [0.717, 1.165) is 41.7 Å². The Bertz CT molecular complexity index is 543. The van der Waals surface area contributed by atoms with E-state index < -0.39 is 0 Å². The van der Waals surface area contributed by atoms with Crippen LogP contribution in [0.4, 0.5) is 0 Å².